The van der Waals surface area contributed by atoms with E-state index in [0.29, 0.717) is 0 Å². The van der Waals surface area contributed by atoms with Gasteiger partial charge in [0.15, 0.2) is 0 Å². The highest BCUT2D eigenvalue weighted by atomic mass is 15.4. The van der Waals surface area contributed by atoms with Crippen LogP contribution in [-0.2, 0) is 0 Å². The molecule has 0 bridgehead atoms. The molecule has 0 aliphatic carbocycles. The van der Waals surface area contributed by atoms with Crippen molar-refractivity contribution in [3.63, 3.8) is 0 Å². The van der Waals surface area contributed by atoms with Crippen molar-refractivity contribution in [1.29, 1.82) is 0 Å². The second kappa shape index (κ2) is 7.55. The Bertz CT molecular complexity index is 1500. The maximum atomic E-state index is 4.91. The van der Waals surface area contributed by atoms with Crippen LogP contribution < -0.4 is 0 Å². The van der Waals surface area contributed by atoms with Crippen LogP contribution >= 0.6 is 0 Å². The Morgan fingerprint density at radius 3 is 2.38 bits per heavy atom. The Morgan fingerprint density at radius 2 is 1.56 bits per heavy atom. The van der Waals surface area contributed by atoms with E-state index in [4.69, 9.17) is 4.98 Å². The summed E-state index contributed by atoms with van der Waals surface area (Å²) in [6.07, 6.45) is 7.35. The SMILES string of the molecule is c1ccc(-c2cn(-c3cccnc3)c(-c3ccc(-n4nnc5ccccc54)cc3)n2)nc1. The van der Waals surface area contributed by atoms with E-state index in [2.05, 4.69) is 20.3 Å². The Balaban J connectivity index is 1.45. The number of hydrogen-bond acceptors (Lipinski definition) is 5. The fraction of sp³-hybridized carbons (Fsp3) is 0. The molecule has 0 aliphatic rings. The summed E-state index contributed by atoms with van der Waals surface area (Å²) >= 11 is 0. The van der Waals surface area contributed by atoms with Crippen LogP contribution in [0.25, 0.3) is 45.2 Å². The van der Waals surface area contributed by atoms with Gasteiger partial charge in [0.1, 0.15) is 17.0 Å². The van der Waals surface area contributed by atoms with Crippen LogP contribution in [0, 0.1) is 0 Å². The summed E-state index contributed by atoms with van der Waals surface area (Å²) in [5.74, 6) is 0.814. The number of rotatable bonds is 4. The summed E-state index contributed by atoms with van der Waals surface area (Å²) in [4.78, 5) is 13.6. The minimum Gasteiger partial charge on any atom is -0.298 e. The van der Waals surface area contributed by atoms with E-state index >= 15 is 0 Å². The van der Waals surface area contributed by atoms with Gasteiger partial charge in [0.05, 0.1) is 28.8 Å². The standard InChI is InChI=1S/C25H17N7/c1-2-9-24-22(8-1)29-30-32(24)19-12-10-18(11-13-19)25-28-23(21-7-3-4-15-27-21)17-31(25)20-6-5-14-26-16-20/h1-17H. The highest BCUT2D eigenvalue weighted by Gasteiger charge is 2.14. The molecule has 0 N–H and O–H groups in total. The van der Waals surface area contributed by atoms with Gasteiger partial charge < -0.3 is 0 Å². The molecule has 0 amide bonds. The Kier molecular flexibility index (Phi) is 4.28. The van der Waals surface area contributed by atoms with Gasteiger partial charge in [0.2, 0.25) is 0 Å². The van der Waals surface area contributed by atoms with Gasteiger partial charge in [-0.15, -0.1) is 5.10 Å². The first-order chi connectivity index (χ1) is 15.9. The monoisotopic (exact) mass is 415 g/mol. The predicted octanol–water partition coefficient (Wildman–Crippen LogP) is 4.73. The minimum atomic E-state index is 0.802. The van der Waals surface area contributed by atoms with E-state index in [0.717, 1.165) is 45.2 Å². The molecule has 2 aromatic carbocycles. The lowest BCUT2D eigenvalue weighted by atomic mass is 10.2. The first-order valence-electron chi connectivity index (χ1n) is 10.2. The highest BCUT2D eigenvalue weighted by Crippen LogP contribution is 2.28. The fourth-order valence-electron chi connectivity index (χ4n) is 3.73. The van der Waals surface area contributed by atoms with Gasteiger partial charge in [-0.05, 0) is 60.7 Å². The molecule has 0 spiro atoms. The topological polar surface area (TPSA) is 74.3 Å². The summed E-state index contributed by atoms with van der Waals surface area (Å²) in [5, 5.41) is 8.56. The Morgan fingerprint density at radius 1 is 0.688 bits per heavy atom. The molecule has 7 nitrogen and oxygen atoms in total. The molecule has 0 fully saturated rings. The second-order valence-corrected chi connectivity index (χ2v) is 7.28. The molecule has 6 rings (SSSR count). The molecule has 0 radical (unpaired) electrons. The van der Waals surface area contributed by atoms with Crippen molar-refractivity contribution in [3.05, 3.63) is 104 Å². The molecule has 0 unspecified atom stereocenters. The van der Waals surface area contributed by atoms with Crippen LogP contribution in [0.5, 0.6) is 0 Å². The maximum absolute atomic E-state index is 4.91. The van der Waals surface area contributed by atoms with Gasteiger partial charge >= 0.3 is 0 Å². The smallest absolute Gasteiger partial charge is 0.145 e. The highest BCUT2D eigenvalue weighted by molar-refractivity contribution is 5.76. The number of fused-ring (bicyclic) bond motifs is 1. The van der Waals surface area contributed by atoms with E-state index in [1.807, 2.05) is 101 Å². The number of hydrogen-bond donors (Lipinski definition) is 0. The van der Waals surface area contributed by atoms with Crippen molar-refractivity contribution in [2.24, 2.45) is 0 Å². The van der Waals surface area contributed by atoms with Crippen molar-refractivity contribution >= 4 is 11.0 Å². The zero-order valence-corrected chi connectivity index (χ0v) is 16.9. The van der Waals surface area contributed by atoms with Gasteiger partial charge in [-0.1, -0.05) is 23.4 Å². The van der Waals surface area contributed by atoms with Crippen LogP contribution in [0.3, 0.4) is 0 Å². The van der Waals surface area contributed by atoms with Crippen molar-refractivity contribution in [2.75, 3.05) is 0 Å². The number of pyridine rings is 2. The lowest BCUT2D eigenvalue weighted by Crippen LogP contribution is -1.98. The average Bonchev–Trinajstić information content (AvgIpc) is 3.51. The number of aromatic nitrogens is 7. The van der Waals surface area contributed by atoms with Crippen LogP contribution in [0.4, 0.5) is 0 Å². The molecule has 152 valence electrons. The number of para-hydroxylation sites is 1. The Labute approximate surface area is 183 Å². The normalized spacial score (nSPS) is 11.1. The fourth-order valence-corrected chi connectivity index (χ4v) is 3.73. The summed E-state index contributed by atoms with van der Waals surface area (Å²) in [6.45, 7) is 0. The average molecular weight is 415 g/mol. The summed E-state index contributed by atoms with van der Waals surface area (Å²) in [6, 6.07) is 25.8. The molecule has 0 saturated heterocycles. The lowest BCUT2D eigenvalue weighted by Gasteiger charge is -2.08. The maximum Gasteiger partial charge on any atom is 0.145 e. The lowest BCUT2D eigenvalue weighted by molar-refractivity contribution is 0.824. The minimum absolute atomic E-state index is 0.802. The van der Waals surface area contributed by atoms with E-state index in [1.54, 1.807) is 12.4 Å². The van der Waals surface area contributed by atoms with Crippen molar-refractivity contribution < 1.29 is 0 Å². The van der Waals surface area contributed by atoms with Gasteiger partial charge in [-0.2, -0.15) is 0 Å². The third kappa shape index (κ3) is 3.13. The number of imidazole rings is 1. The first-order valence-corrected chi connectivity index (χ1v) is 10.2. The number of benzene rings is 2. The zero-order chi connectivity index (χ0) is 21.3. The molecular weight excluding hydrogens is 398 g/mol. The third-order valence-electron chi connectivity index (χ3n) is 5.28. The Hall–Kier alpha value is -4.65. The van der Waals surface area contributed by atoms with Crippen LogP contribution in [0.15, 0.2) is 104 Å². The van der Waals surface area contributed by atoms with Gasteiger partial charge in [-0.25, -0.2) is 9.67 Å². The molecule has 4 heterocycles. The molecule has 7 heteroatoms. The van der Waals surface area contributed by atoms with E-state index in [9.17, 15) is 0 Å². The molecule has 6 aromatic rings. The van der Waals surface area contributed by atoms with E-state index < -0.39 is 0 Å². The molecule has 32 heavy (non-hydrogen) atoms. The molecule has 0 atom stereocenters. The summed E-state index contributed by atoms with van der Waals surface area (Å²) in [7, 11) is 0. The van der Waals surface area contributed by atoms with E-state index in [-0.39, 0.29) is 0 Å². The van der Waals surface area contributed by atoms with Crippen LogP contribution in [-0.4, -0.2) is 34.5 Å². The van der Waals surface area contributed by atoms with Crippen LogP contribution in [0.2, 0.25) is 0 Å². The third-order valence-corrected chi connectivity index (χ3v) is 5.28. The van der Waals surface area contributed by atoms with E-state index in [1.165, 1.54) is 0 Å². The zero-order valence-electron chi connectivity index (χ0n) is 16.9. The van der Waals surface area contributed by atoms with Crippen molar-refractivity contribution in [3.8, 4) is 34.2 Å². The van der Waals surface area contributed by atoms with Gasteiger partial charge in [0.25, 0.3) is 0 Å². The van der Waals surface area contributed by atoms with Gasteiger partial charge in [-0.3, -0.25) is 14.5 Å². The second-order valence-electron chi connectivity index (χ2n) is 7.28. The quantitative estimate of drug-likeness (QED) is 0.416. The summed E-state index contributed by atoms with van der Waals surface area (Å²) < 4.78 is 3.88. The summed E-state index contributed by atoms with van der Waals surface area (Å²) in [5.41, 5.74) is 6.30. The molecule has 4 aromatic heterocycles. The molecule has 0 saturated carbocycles. The van der Waals surface area contributed by atoms with Gasteiger partial charge in [0, 0.05) is 24.2 Å². The first kappa shape index (κ1) is 18.1. The van der Waals surface area contributed by atoms with Crippen molar-refractivity contribution in [1.82, 2.24) is 34.5 Å². The molecule has 0 aliphatic heterocycles. The van der Waals surface area contributed by atoms with Crippen LogP contribution in [0.1, 0.15) is 0 Å². The largest absolute Gasteiger partial charge is 0.298 e. The van der Waals surface area contributed by atoms with Crippen molar-refractivity contribution in [2.45, 2.75) is 0 Å². The molecular formula is C25H17N7. The number of nitrogens with zero attached hydrogens (tertiary/aromatic N) is 7. The predicted molar refractivity (Wildman–Crippen MR) is 122 cm³/mol.